The number of nitriles is 1. The van der Waals surface area contributed by atoms with Crippen LogP contribution in [0.5, 0.6) is 0 Å². The van der Waals surface area contributed by atoms with Crippen molar-refractivity contribution < 1.29 is 4.39 Å². The lowest BCUT2D eigenvalue weighted by molar-refractivity contribution is 0.248. The first-order chi connectivity index (χ1) is 12.4. The van der Waals surface area contributed by atoms with E-state index in [2.05, 4.69) is 15.9 Å². The Bertz CT molecular complexity index is 961. The number of nitrogens with zero attached hydrogens (tertiary/aromatic N) is 5. The second-order valence-electron chi connectivity index (χ2n) is 6.45. The predicted octanol–water partition coefficient (Wildman–Crippen LogP) is 1.91. The fourth-order valence-corrected chi connectivity index (χ4v) is 3.47. The van der Waals surface area contributed by atoms with E-state index in [-0.39, 0.29) is 11.3 Å². The standard InChI is InChI=1S/C18H21FN6S/c1-22-16(21)15(11-20)17(23(2)18(22)26)25-9-7-24(8-10-25)12-13-3-5-14(19)6-4-13/h3-6,21H,7-10,12H2,1-2H3. The summed E-state index contributed by atoms with van der Waals surface area (Å²) in [5, 5.41) is 17.7. The van der Waals surface area contributed by atoms with Crippen LogP contribution >= 0.6 is 12.2 Å². The van der Waals surface area contributed by atoms with Gasteiger partial charge < -0.3 is 14.0 Å². The Labute approximate surface area is 156 Å². The zero-order valence-electron chi connectivity index (χ0n) is 14.9. The smallest absolute Gasteiger partial charge is 0.182 e. The van der Waals surface area contributed by atoms with Crippen molar-refractivity contribution in [1.82, 2.24) is 14.0 Å². The van der Waals surface area contributed by atoms with Gasteiger partial charge in [-0.25, -0.2) is 4.39 Å². The Morgan fingerprint density at radius 2 is 1.73 bits per heavy atom. The van der Waals surface area contributed by atoms with Gasteiger partial charge in [-0.2, -0.15) is 5.26 Å². The van der Waals surface area contributed by atoms with Crippen LogP contribution in [0.1, 0.15) is 11.1 Å². The Hall–Kier alpha value is -2.50. The lowest BCUT2D eigenvalue weighted by Gasteiger charge is -2.37. The topological polar surface area (TPSA) is 64.0 Å². The van der Waals surface area contributed by atoms with Gasteiger partial charge in [0.05, 0.1) is 0 Å². The van der Waals surface area contributed by atoms with Crippen LogP contribution in [0.3, 0.4) is 0 Å². The van der Waals surface area contributed by atoms with Crippen molar-refractivity contribution in [2.24, 2.45) is 14.1 Å². The molecule has 1 aliphatic heterocycles. The number of piperazine rings is 1. The first kappa shape index (κ1) is 18.3. The predicted molar refractivity (Wildman–Crippen MR) is 99.7 cm³/mol. The van der Waals surface area contributed by atoms with Crippen molar-refractivity contribution in [3.63, 3.8) is 0 Å². The van der Waals surface area contributed by atoms with Crippen LogP contribution in [0.4, 0.5) is 10.2 Å². The number of halogens is 1. The minimum atomic E-state index is -0.224. The van der Waals surface area contributed by atoms with Gasteiger partial charge in [0.1, 0.15) is 28.8 Å². The Balaban J connectivity index is 1.78. The Morgan fingerprint density at radius 3 is 2.31 bits per heavy atom. The van der Waals surface area contributed by atoms with Crippen LogP contribution in [-0.4, -0.2) is 40.2 Å². The third kappa shape index (κ3) is 3.41. The number of anilines is 1. The van der Waals surface area contributed by atoms with Crippen LogP contribution in [0.2, 0.25) is 0 Å². The van der Waals surface area contributed by atoms with Gasteiger partial charge in [-0.1, -0.05) is 12.1 Å². The highest BCUT2D eigenvalue weighted by atomic mass is 32.1. The molecule has 0 atom stereocenters. The third-order valence-corrected chi connectivity index (χ3v) is 5.34. The molecule has 0 aliphatic carbocycles. The number of aromatic nitrogens is 2. The molecule has 1 saturated heterocycles. The molecule has 1 aliphatic rings. The van der Waals surface area contributed by atoms with Gasteiger partial charge in [-0.05, 0) is 29.9 Å². The monoisotopic (exact) mass is 372 g/mol. The molecule has 2 aromatic rings. The summed E-state index contributed by atoms with van der Waals surface area (Å²) < 4.78 is 16.9. The molecule has 0 bridgehead atoms. The van der Waals surface area contributed by atoms with E-state index in [4.69, 9.17) is 17.6 Å². The number of rotatable bonds is 3. The van der Waals surface area contributed by atoms with E-state index < -0.39 is 0 Å². The summed E-state index contributed by atoms with van der Waals surface area (Å²) in [4.78, 5) is 4.42. The maximum Gasteiger partial charge on any atom is 0.182 e. The van der Waals surface area contributed by atoms with Crippen LogP contribution in [-0.2, 0) is 20.6 Å². The molecular formula is C18H21FN6S. The molecule has 2 heterocycles. The van der Waals surface area contributed by atoms with Crippen LogP contribution in [0, 0.1) is 27.3 Å². The molecule has 136 valence electrons. The molecule has 1 N–H and O–H groups in total. The highest BCUT2D eigenvalue weighted by Crippen LogP contribution is 2.19. The van der Waals surface area contributed by atoms with E-state index in [1.54, 1.807) is 11.6 Å². The summed E-state index contributed by atoms with van der Waals surface area (Å²) in [6.45, 7) is 3.90. The largest absolute Gasteiger partial charge is 0.354 e. The molecular weight excluding hydrogens is 351 g/mol. The van der Waals surface area contributed by atoms with Crippen molar-refractivity contribution in [1.29, 1.82) is 10.7 Å². The SMILES string of the molecule is Cn1c(N2CCN(Cc3ccc(F)cc3)CC2)c(C#N)c(=N)n(C)c1=S. The highest BCUT2D eigenvalue weighted by Gasteiger charge is 2.23. The summed E-state index contributed by atoms with van der Waals surface area (Å²) >= 11 is 5.40. The molecule has 1 aromatic carbocycles. The van der Waals surface area contributed by atoms with E-state index in [1.807, 2.05) is 23.7 Å². The molecule has 6 nitrogen and oxygen atoms in total. The van der Waals surface area contributed by atoms with Gasteiger partial charge in [0.2, 0.25) is 0 Å². The zero-order chi connectivity index (χ0) is 18.8. The molecule has 8 heteroatoms. The number of nitrogens with one attached hydrogen (secondary N) is 1. The molecule has 0 unspecified atom stereocenters. The molecule has 0 spiro atoms. The van der Waals surface area contributed by atoms with Crippen LogP contribution in [0.15, 0.2) is 24.3 Å². The average Bonchev–Trinajstić information content (AvgIpc) is 2.65. The first-order valence-electron chi connectivity index (χ1n) is 8.39. The molecule has 1 aromatic heterocycles. The molecule has 0 radical (unpaired) electrons. The maximum absolute atomic E-state index is 13.0. The van der Waals surface area contributed by atoms with Gasteiger partial charge >= 0.3 is 0 Å². The average molecular weight is 372 g/mol. The summed E-state index contributed by atoms with van der Waals surface area (Å²) in [5.74, 6) is 0.486. The number of hydrogen-bond donors (Lipinski definition) is 1. The van der Waals surface area contributed by atoms with E-state index in [0.717, 1.165) is 38.3 Å². The lowest BCUT2D eigenvalue weighted by Crippen LogP contribution is -2.48. The van der Waals surface area contributed by atoms with Crippen molar-refractivity contribution in [3.8, 4) is 6.07 Å². The Morgan fingerprint density at radius 1 is 1.12 bits per heavy atom. The summed E-state index contributed by atoms with van der Waals surface area (Å²) in [6, 6.07) is 8.74. The fraction of sp³-hybridized carbons (Fsp3) is 0.389. The van der Waals surface area contributed by atoms with Crippen molar-refractivity contribution in [2.75, 3.05) is 31.1 Å². The van der Waals surface area contributed by atoms with Gasteiger partial charge in [0.15, 0.2) is 4.77 Å². The third-order valence-electron chi connectivity index (χ3n) is 4.79. The van der Waals surface area contributed by atoms with Crippen molar-refractivity contribution in [2.45, 2.75) is 6.54 Å². The van der Waals surface area contributed by atoms with E-state index >= 15 is 0 Å². The van der Waals surface area contributed by atoms with Crippen molar-refractivity contribution in [3.05, 3.63) is 51.5 Å². The number of benzene rings is 1. The molecule has 0 amide bonds. The summed E-state index contributed by atoms with van der Waals surface area (Å²) in [6.07, 6.45) is 0. The highest BCUT2D eigenvalue weighted by molar-refractivity contribution is 7.71. The number of hydrogen-bond acceptors (Lipinski definition) is 5. The first-order valence-corrected chi connectivity index (χ1v) is 8.79. The van der Waals surface area contributed by atoms with Gasteiger partial charge in [-0.15, -0.1) is 0 Å². The van der Waals surface area contributed by atoms with Crippen LogP contribution < -0.4 is 10.4 Å². The fourth-order valence-electron chi connectivity index (χ4n) is 3.29. The van der Waals surface area contributed by atoms with Gasteiger partial charge in [-0.3, -0.25) is 10.3 Å². The maximum atomic E-state index is 13.0. The molecule has 0 saturated carbocycles. The minimum Gasteiger partial charge on any atom is -0.354 e. The summed E-state index contributed by atoms with van der Waals surface area (Å²) in [5.41, 5.74) is 1.56. The molecule has 26 heavy (non-hydrogen) atoms. The van der Waals surface area contributed by atoms with Gasteiger partial charge in [0, 0.05) is 46.8 Å². The van der Waals surface area contributed by atoms with E-state index in [0.29, 0.717) is 16.2 Å². The second kappa shape index (κ2) is 7.40. The van der Waals surface area contributed by atoms with E-state index in [1.165, 1.54) is 12.1 Å². The Kier molecular flexibility index (Phi) is 5.20. The molecule has 1 fully saturated rings. The second-order valence-corrected chi connectivity index (χ2v) is 6.81. The minimum absolute atomic E-state index is 0.138. The summed E-state index contributed by atoms with van der Waals surface area (Å²) in [7, 11) is 3.54. The van der Waals surface area contributed by atoms with Gasteiger partial charge in [0.25, 0.3) is 0 Å². The zero-order valence-corrected chi connectivity index (χ0v) is 15.7. The quantitative estimate of drug-likeness (QED) is 0.836. The van der Waals surface area contributed by atoms with Crippen LogP contribution in [0.25, 0.3) is 0 Å². The normalized spacial score (nSPS) is 15.1. The van der Waals surface area contributed by atoms with E-state index in [9.17, 15) is 9.65 Å². The molecule has 3 rings (SSSR count). The lowest BCUT2D eigenvalue weighted by atomic mass is 10.2. The van der Waals surface area contributed by atoms with Crippen molar-refractivity contribution >= 4 is 18.0 Å².